The molecule has 1 aromatic rings. The third-order valence-corrected chi connectivity index (χ3v) is 2.35. The third-order valence-electron chi connectivity index (χ3n) is 2.35. The first-order chi connectivity index (χ1) is 9.15. The molecule has 0 bridgehead atoms. The summed E-state index contributed by atoms with van der Waals surface area (Å²) in [5.41, 5.74) is 0.0723. The second-order valence-electron chi connectivity index (χ2n) is 3.75. The molecule has 0 aromatic heterocycles. The number of ether oxygens (including phenoxy) is 1. The largest absolute Gasteiger partial charge is 0.434 e. The number of hydrogen-bond donors (Lipinski definition) is 1. The zero-order chi connectivity index (χ0) is 14.1. The Morgan fingerprint density at radius 2 is 2.11 bits per heavy atom. The van der Waals surface area contributed by atoms with Gasteiger partial charge in [0.2, 0.25) is 0 Å². The number of nitrogens with zero attached hydrogens (tertiary/aromatic N) is 1. The molecule has 1 amide bonds. The van der Waals surface area contributed by atoms with E-state index in [1.54, 1.807) is 6.07 Å². The van der Waals surface area contributed by atoms with Crippen LogP contribution in [0.25, 0.3) is 0 Å². The van der Waals surface area contributed by atoms with E-state index in [1.807, 2.05) is 6.07 Å². The minimum absolute atomic E-state index is 0.0723. The first-order valence-electron chi connectivity index (χ1n) is 5.84. The van der Waals surface area contributed by atoms with Crippen LogP contribution in [0.2, 0.25) is 0 Å². The average molecular weight is 268 g/mol. The molecule has 102 valence electrons. The van der Waals surface area contributed by atoms with Gasteiger partial charge in [0.25, 0.3) is 5.91 Å². The van der Waals surface area contributed by atoms with Gasteiger partial charge in [0, 0.05) is 13.0 Å². The van der Waals surface area contributed by atoms with Crippen molar-refractivity contribution in [2.75, 3.05) is 6.54 Å². The number of nitrogens with one attached hydrogen (secondary N) is 1. The lowest BCUT2D eigenvalue weighted by atomic mass is 10.2. The van der Waals surface area contributed by atoms with Crippen molar-refractivity contribution in [3.63, 3.8) is 0 Å². The molecule has 0 unspecified atom stereocenters. The molecule has 0 fully saturated rings. The molecule has 6 heteroatoms. The molecule has 0 aliphatic carbocycles. The molecule has 0 saturated carbocycles. The van der Waals surface area contributed by atoms with Gasteiger partial charge in [-0.05, 0) is 25.0 Å². The van der Waals surface area contributed by atoms with E-state index in [4.69, 9.17) is 5.26 Å². The maximum absolute atomic E-state index is 12.2. The van der Waals surface area contributed by atoms with Crippen molar-refractivity contribution in [2.24, 2.45) is 0 Å². The number of halogens is 2. The van der Waals surface area contributed by atoms with E-state index >= 15 is 0 Å². The van der Waals surface area contributed by atoms with Crippen molar-refractivity contribution in [3.8, 4) is 11.8 Å². The first kappa shape index (κ1) is 14.9. The maximum atomic E-state index is 12.2. The summed E-state index contributed by atoms with van der Waals surface area (Å²) in [7, 11) is 0. The van der Waals surface area contributed by atoms with Gasteiger partial charge < -0.3 is 10.1 Å². The molecule has 0 spiro atoms. The van der Waals surface area contributed by atoms with Gasteiger partial charge in [-0.25, -0.2) is 0 Å². The van der Waals surface area contributed by atoms with E-state index in [9.17, 15) is 13.6 Å². The second kappa shape index (κ2) is 8.03. The maximum Gasteiger partial charge on any atom is 0.387 e. The number of nitriles is 1. The molecule has 0 radical (unpaired) electrons. The van der Waals surface area contributed by atoms with Crippen molar-refractivity contribution in [1.29, 1.82) is 5.26 Å². The summed E-state index contributed by atoms with van der Waals surface area (Å²) < 4.78 is 28.6. The van der Waals surface area contributed by atoms with E-state index < -0.39 is 12.5 Å². The molecular formula is C13H14F2N2O2. The molecule has 0 aliphatic rings. The van der Waals surface area contributed by atoms with Gasteiger partial charge in [0.05, 0.1) is 11.6 Å². The summed E-state index contributed by atoms with van der Waals surface area (Å²) in [6.07, 6.45) is 1.78. The summed E-state index contributed by atoms with van der Waals surface area (Å²) in [5.74, 6) is -0.611. The summed E-state index contributed by atoms with van der Waals surface area (Å²) >= 11 is 0. The summed E-state index contributed by atoms with van der Waals surface area (Å²) in [6, 6.07) is 7.83. The molecular weight excluding hydrogens is 254 g/mol. The van der Waals surface area contributed by atoms with Crippen LogP contribution in [-0.2, 0) is 0 Å². The molecule has 1 rings (SSSR count). The second-order valence-corrected chi connectivity index (χ2v) is 3.75. The number of benzene rings is 1. The van der Waals surface area contributed by atoms with Gasteiger partial charge >= 0.3 is 6.61 Å². The lowest BCUT2D eigenvalue weighted by molar-refractivity contribution is -0.0501. The average Bonchev–Trinajstić information content (AvgIpc) is 2.38. The van der Waals surface area contributed by atoms with Crippen LogP contribution in [0.15, 0.2) is 24.3 Å². The van der Waals surface area contributed by atoms with Crippen molar-refractivity contribution in [3.05, 3.63) is 29.8 Å². The van der Waals surface area contributed by atoms with Crippen molar-refractivity contribution >= 4 is 5.91 Å². The van der Waals surface area contributed by atoms with E-state index in [0.29, 0.717) is 25.8 Å². The number of para-hydroxylation sites is 1. The monoisotopic (exact) mass is 268 g/mol. The number of alkyl halides is 2. The lowest BCUT2D eigenvalue weighted by Crippen LogP contribution is -2.25. The fraction of sp³-hybridized carbons (Fsp3) is 0.385. The van der Waals surface area contributed by atoms with Crippen LogP contribution in [0.5, 0.6) is 5.75 Å². The highest BCUT2D eigenvalue weighted by Gasteiger charge is 2.14. The smallest absolute Gasteiger partial charge is 0.387 e. The molecule has 1 aromatic carbocycles. The number of rotatable bonds is 7. The van der Waals surface area contributed by atoms with Gasteiger partial charge in [-0.2, -0.15) is 14.0 Å². The minimum atomic E-state index is -2.97. The van der Waals surface area contributed by atoms with E-state index in [0.717, 1.165) is 0 Å². The number of carbonyl (C=O) groups is 1. The van der Waals surface area contributed by atoms with Crippen LogP contribution in [0.4, 0.5) is 8.78 Å². The molecule has 0 atom stereocenters. The Balaban J connectivity index is 2.54. The van der Waals surface area contributed by atoms with E-state index in [-0.39, 0.29) is 11.3 Å². The number of carbonyl (C=O) groups excluding carboxylic acids is 1. The van der Waals surface area contributed by atoms with Gasteiger partial charge in [-0.1, -0.05) is 12.1 Å². The standard InChI is InChI=1S/C13H14F2N2O2/c14-13(15)19-11-7-3-2-6-10(11)12(18)17-9-5-1-4-8-16/h2-3,6-7,13H,1,4-5,9H2,(H,17,18). The van der Waals surface area contributed by atoms with E-state index in [2.05, 4.69) is 10.1 Å². The van der Waals surface area contributed by atoms with Gasteiger partial charge in [0.1, 0.15) is 5.75 Å². The van der Waals surface area contributed by atoms with Crippen LogP contribution in [0.3, 0.4) is 0 Å². The fourth-order valence-electron chi connectivity index (χ4n) is 1.48. The summed E-state index contributed by atoms with van der Waals surface area (Å²) in [6.45, 7) is -2.58. The predicted octanol–water partition coefficient (Wildman–Crippen LogP) is 2.71. The van der Waals surface area contributed by atoms with Crippen LogP contribution >= 0.6 is 0 Å². The Morgan fingerprint density at radius 3 is 2.79 bits per heavy atom. The van der Waals surface area contributed by atoms with Crippen molar-refractivity contribution in [1.82, 2.24) is 5.32 Å². The van der Waals surface area contributed by atoms with Crippen LogP contribution in [-0.4, -0.2) is 19.1 Å². The Hall–Kier alpha value is -2.16. The highest BCUT2D eigenvalue weighted by atomic mass is 19.3. The predicted molar refractivity (Wildman–Crippen MR) is 64.9 cm³/mol. The summed E-state index contributed by atoms with van der Waals surface area (Å²) in [5, 5.41) is 10.9. The third kappa shape index (κ3) is 5.34. The van der Waals surface area contributed by atoms with Crippen molar-refractivity contribution < 1.29 is 18.3 Å². The molecule has 0 aliphatic heterocycles. The highest BCUT2D eigenvalue weighted by molar-refractivity contribution is 5.96. The Kier molecular flexibility index (Phi) is 6.30. The molecule has 0 saturated heterocycles. The SMILES string of the molecule is N#CCCCCNC(=O)c1ccccc1OC(F)F. The molecule has 4 nitrogen and oxygen atoms in total. The first-order valence-corrected chi connectivity index (χ1v) is 5.84. The van der Waals surface area contributed by atoms with Crippen LogP contribution < -0.4 is 10.1 Å². The fourth-order valence-corrected chi connectivity index (χ4v) is 1.48. The lowest BCUT2D eigenvalue weighted by Gasteiger charge is -2.10. The Labute approximate surface area is 110 Å². The number of unbranched alkanes of at least 4 members (excludes halogenated alkanes) is 2. The number of hydrogen-bond acceptors (Lipinski definition) is 3. The van der Waals surface area contributed by atoms with Gasteiger partial charge in [-0.3, -0.25) is 4.79 Å². The Bertz CT molecular complexity index is 458. The van der Waals surface area contributed by atoms with Crippen molar-refractivity contribution in [2.45, 2.75) is 25.9 Å². The zero-order valence-electron chi connectivity index (χ0n) is 10.2. The van der Waals surface area contributed by atoms with Gasteiger partial charge in [0.15, 0.2) is 0 Å². The van der Waals surface area contributed by atoms with Crippen LogP contribution in [0, 0.1) is 11.3 Å². The quantitative estimate of drug-likeness (QED) is 0.773. The molecule has 19 heavy (non-hydrogen) atoms. The van der Waals surface area contributed by atoms with Crippen LogP contribution in [0.1, 0.15) is 29.6 Å². The topological polar surface area (TPSA) is 62.1 Å². The van der Waals surface area contributed by atoms with E-state index in [1.165, 1.54) is 18.2 Å². The number of amides is 1. The molecule has 1 N–H and O–H groups in total. The zero-order valence-corrected chi connectivity index (χ0v) is 10.2. The minimum Gasteiger partial charge on any atom is -0.434 e. The Morgan fingerprint density at radius 1 is 1.37 bits per heavy atom. The highest BCUT2D eigenvalue weighted by Crippen LogP contribution is 2.19. The normalized spacial score (nSPS) is 10.0. The summed E-state index contributed by atoms with van der Waals surface area (Å²) in [4.78, 5) is 11.8. The molecule has 0 heterocycles. The van der Waals surface area contributed by atoms with Gasteiger partial charge in [-0.15, -0.1) is 0 Å².